The van der Waals surface area contributed by atoms with Gasteiger partial charge in [-0.3, -0.25) is 0 Å². The normalized spacial score (nSPS) is 10.0. The Morgan fingerprint density at radius 3 is 1.80 bits per heavy atom. The average molecular weight is 214 g/mol. The van der Waals surface area contributed by atoms with Crippen LogP contribution in [0.2, 0.25) is 0 Å². The second kappa shape index (κ2) is 6.10. The van der Waals surface area contributed by atoms with E-state index in [2.05, 4.69) is 0 Å². The van der Waals surface area contributed by atoms with Crippen molar-refractivity contribution in [2.75, 3.05) is 27.8 Å². The first-order chi connectivity index (χ1) is 7.26. The van der Waals surface area contributed by atoms with Crippen molar-refractivity contribution in [3.05, 3.63) is 18.2 Å². The summed E-state index contributed by atoms with van der Waals surface area (Å²) in [5, 5.41) is 9.35. The number of ether oxygens (including phenoxy) is 4. The monoisotopic (exact) mass is 214 g/mol. The molecule has 0 spiro atoms. The van der Waals surface area contributed by atoms with E-state index >= 15 is 0 Å². The molecule has 0 bridgehead atoms. The molecule has 0 amide bonds. The highest BCUT2D eigenvalue weighted by Crippen LogP contribution is 2.26. The van der Waals surface area contributed by atoms with Gasteiger partial charge in [-0.05, 0) is 0 Å². The van der Waals surface area contributed by atoms with Gasteiger partial charge in [-0.25, -0.2) is 0 Å². The van der Waals surface area contributed by atoms with Crippen LogP contribution in [0.15, 0.2) is 18.2 Å². The van der Waals surface area contributed by atoms with E-state index in [1.165, 1.54) is 26.4 Å². The summed E-state index contributed by atoms with van der Waals surface area (Å²) in [6.45, 7) is 0.236. The van der Waals surface area contributed by atoms with Crippen LogP contribution in [0.1, 0.15) is 0 Å². The molecular formula is C10H14O5. The largest absolute Gasteiger partial charge is 0.508 e. The number of benzene rings is 1. The zero-order valence-electron chi connectivity index (χ0n) is 8.73. The standard InChI is InChI=1S/C10H14O5/c1-12-6-14-9-3-8(11)4-10(5-9)15-7-13-2/h3-5,11H,6-7H2,1-2H3. The van der Waals surface area contributed by atoms with Gasteiger partial charge in [0.25, 0.3) is 0 Å². The summed E-state index contributed by atoms with van der Waals surface area (Å²) in [6, 6.07) is 4.58. The van der Waals surface area contributed by atoms with Gasteiger partial charge < -0.3 is 24.1 Å². The van der Waals surface area contributed by atoms with Crippen molar-refractivity contribution in [1.29, 1.82) is 0 Å². The van der Waals surface area contributed by atoms with E-state index in [1.54, 1.807) is 6.07 Å². The molecule has 0 fully saturated rings. The molecule has 0 aliphatic heterocycles. The van der Waals surface area contributed by atoms with Crippen LogP contribution >= 0.6 is 0 Å². The second-order valence-corrected chi connectivity index (χ2v) is 2.76. The second-order valence-electron chi connectivity index (χ2n) is 2.76. The van der Waals surface area contributed by atoms with E-state index in [1.807, 2.05) is 0 Å². The smallest absolute Gasteiger partial charge is 0.188 e. The van der Waals surface area contributed by atoms with Gasteiger partial charge in [0.2, 0.25) is 0 Å². The molecule has 0 radical (unpaired) electrons. The van der Waals surface area contributed by atoms with Crippen molar-refractivity contribution in [3.8, 4) is 17.2 Å². The van der Waals surface area contributed by atoms with Gasteiger partial charge in [0.1, 0.15) is 17.2 Å². The summed E-state index contributed by atoms with van der Waals surface area (Å²) >= 11 is 0. The number of rotatable bonds is 6. The first-order valence-electron chi connectivity index (χ1n) is 4.34. The van der Waals surface area contributed by atoms with E-state index in [4.69, 9.17) is 18.9 Å². The molecule has 1 aromatic rings. The topological polar surface area (TPSA) is 57.2 Å². The fourth-order valence-corrected chi connectivity index (χ4v) is 0.977. The van der Waals surface area contributed by atoms with Gasteiger partial charge in [-0.1, -0.05) is 0 Å². The van der Waals surface area contributed by atoms with Crippen LogP contribution < -0.4 is 9.47 Å². The Bertz CT molecular complexity index is 274. The minimum Gasteiger partial charge on any atom is -0.508 e. The molecule has 0 saturated carbocycles. The van der Waals surface area contributed by atoms with Crippen molar-refractivity contribution in [2.45, 2.75) is 0 Å². The zero-order chi connectivity index (χ0) is 11.1. The highest BCUT2D eigenvalue weighted by molar-refractivity contribution is 5.41. The lowest BCUT2D eigenvalue weighted by Gasteiger charge is -2.09. The Morgan fingerprint density at radius 1 is 0.933 bits per heavy atom. The molecule has 0 heterocycles. The Labute approximate surface area is 88.1 Å². The number of hydrogen-bond donors (Lipinski definition) is 1. The summed E-state index contributed by atoms with van der Waals surface area (Å²) < 4.78 is 19.8. The molecule has 15 heavy (non-hydrogen) atoms. The maximum atomic E-state index is 9.35. The number of methoxy groups -OCH3 is 2. The molecule has 1 N–H and O–H groups in total. The minimum atomic E-state index is 0.0645. The van der Waals surface area contributed by atoms with Crippen molar-refractivity contribution in [2.24, 2.45) is 0 Å². The molecular weight excluding hydrogens is 200 g/mol. The zero-order valence-corrected chi connectivity index (χ0v) is 8.73. The molecule has 0 aliphatic rings. The fraction of sp³-hybridized carbons (Fsp3) is 0.400. The first-order valence-corrected chi connectivity index (χ1v) is 4.34. The lowest BCUT2D eigenvalue weighted by molar-refractivity contribution is 0.0458. The third kappa shape index (κ3) is 4.05. The van der Waals surface area contributed by atoms with Gasteiger partial charge in [0.05, 0.1) is 0 Å². The number of hydrogen-bond acceptors (Lipinski definition) is 5. The Balaban J connectivity index is 2.66. The maximum absolute atomic E-state index is 9.35. The summed E-state index contributed by atoms with van der Waals surface area (Å²) in [7, 11) is 3.04. The molecule has 5 nitrogen and oxygen atoms in total. The van der Waals surface area contributed by atoms with E-state index < -0.39 is 0 Å². The van der Waals surface area contributed by atoms with Crippen LogP contribution in [0.25, 0.3) is 0 Å². The van der Waals surface area contributed by atoms with Crippen molar-refractivity contribution >= 4 is 0 Å². The van der Waals surface area contributed by atoms with Crippen LogP contribution in [0.3, 0.4) is 0 Å². The van der Waals surface area contributed by atoms with Gasteiger partial charge in [-0.2, -0.15) is 0 Å². The third-order valence-corrected chi connectivity index (χ3v) is 1.55. The van der Waals surface area contributed by atoms with E-state index in [0.717, 1.165) is 0 Å². The van der Waals surface area contributed by atoms with Crippen LogP contribution in [0.5, 0.6) is 17.2 Å². The van der Waals surface area contributed by atoms with E-state index in [9.17, 15) is 5.11 Å². The molecule has 84 valence electrons. The lowest BCUT2D eigenvalue weighted by Crippen LogP contribution is -2.01. The number of phenols is 1. The SMILES string of the molecule is COCOc1cc(O)cc(OCOC)c1. The molecule has 0 atom stereocenters. The van der Waals surface area contributed by atoms with E-state index in [0.29, 0.717) is 11.5 Å². The van der Waals surface area contributed by atoms with Crippen molar-refractivity contribution in [1.82, 2.24) is 0 Å². The molecule has 1 aromatic carbocycles. The Hall–Kier alpha value is -1.46. The molecule has 0 unspecified atom stereocenters. The fourth-order valence-electron chi connectivity index (χ4n) is 0.977. The van der Waals surface area contributed by atoms with Crippen LogP contribution in [-0.2, 0) is 9.47 Å². The molecule has 5 heteroatoms. The summed E-state index contributed by atoms with van der Waals surface area (Å²) in [4.78, 5) is 0. The highest BCUT2D eigenvalue weighted by atomic mass is 16.7. The van der Waals surface area contributed by atoms with Gasteiger partial charge in [0.15, 0.2) is 13.6 Å². The Morgan fingerprint density at radius 2 is 1.40 bits per heavy atom. The quantitative estimate of drug-likeness (QED) is 0.724. The summed E-state index contributed by atoms with van der Waals surface area (Å²) in [5.74, 6) is 1.01. The van der Waals surface area contributed by atoms with Gasteiger partial charge >= 0.3 is 0 Å². The van der Waals surface area contributed by atoms with Crippen LogP contribution in [0, 0.1) is 0 Å². The molecule has 0 aromatic heterocycles. The molecule has 1 rings (SSSR count). The maximum Gasteiger partial charge on any atom is 0.188 e. The highest BCUT2D eigenvalue weighted by Gasteiger charge is 2.02. The minimum absolute atomic E-state index is 0.0645. The summed E-state index contributed by atoms with van der Waals surface area (Å²) in [5.41, 5.74) is 0. The van der Waals surface area contributed by atoms with Crippen molar-refractivity contribution < 1.29 is 24.1 Å². The first kappa shape index (κ1) is 11.6. The van der Waals surface area contributed by atoms with Crippen molar-refractivity contribution in [3.63, 3.8) is 0 Å². The average Bonchev–Trinajstić information content (AvgIpc) is 2.23. The van der Waals surface area contributed by atoms with Crippen LogP contribution in [-0.4, -0.2) is 32.9 Å². The number of aromatic hydroxyl groups is 1. The third-order valence-electron chi connectivity index (χ3n) is 1.55. The molecule has 0 saturated heterocycles. The molecule has 0 aliphatic carbocycles. The Kier molecular flexibility index (Phi) is 4.73. The van der Waals surface area contributed by atoms with Gasteiger partial charge in [0, 0.05) is 32.4 Å². The van der Waals surface area contributed by atoms with Gasteiger partial charge in [-0.15, -0.1) is 0 Å². The van der Waals surface area contributed by atoms with E-state index in [-0.39, 0.29) is 19.3 Å². The predicted octanol–water partition coefficient (Wildman–Crippen LogP) is 1.36. The summed E-state index contributed by atoms with van der Waals surface area (Å²) in [6.07, 6.45) is 0. The van der Waals surface area contributed by atoms with Crippen LogP contribution in [0.4, 0.5) is 0 Å². The lowest BCUT2D eigenvalue weighted by atomic mass is 10.3. The predicted molar refractivity (Wildman–Crippen MR) is 53.1 cm³/mol. The number of phenolic OH excluding ortho intramolecular Hbond substituents is 1.